The summed E-state index contributed by atoms with van der Waals surface area (Å²) in [6.07, 6.45) is 69.5. The van der Waals surface area contributed by atoms with Crippen LogP contribution in [-0.2, 0) is 28.6 Å². The van der Waals surface area contributed by atoms with E-state index in [-0.39, 0.29) is 31.1 Å². The third kappa shape index (κ3) is 53.9. The summed E-state index contributed by atoms with van der Waals surface area (Å²) in [6.45, 7) is 6.47. The van der Waals surface area contributed by atoms with Gasteiger partial charge >= 0.3 is 17.9 Å². The van der Waals surface area contributed by atoms with E-state index in [0.717, 1.165) is 89.9 Å². The summed E-state index contributed by atoms with van der Waals surface area (Å²) in [5.41, 5.74) is 0. The van der Waals surface area contributed by atoms with Gasteiger partial charge in [0, 0.05) is 19.3 Å². The molecule has 0 heterocycles. The van der Waals surface area contributed by atoms with Crippen LogP contribution in [0, 0.1) is 0 Å². The summed E-state index contributed by atoms with van der Waals surface area (Å²) in [7, 11) is 0. The Morgan fingerprint density at radius 3 is 0.985 bits per heavy atom. The Balaban J connectivity index is 4.22. The van der Waals surface area contributed by atoms with Crippen LogP contribution in [-0.4, -0.2) is 37.2 Å². The molecule has 1 atom stereocenters. The fourth-order valence-corrected chi connectivity index (χ4v) is 8.14. The number of carbonyl (C=O) groups is 3. The highest BCUT2D eigenvalue weighted by atomic mass is 16.6. The smallest absolute Gasteiger partial charge is 0.306 e. The third-order valence-corrected chi connectivity index (χ3v) is 12.5. The molecule has 6 nitrogen and oxygen atoms in total. The molecule has 0 aromatic heterocycles. The molecule has 0 aliphatic carbocycles. The lowest BCUT2D eigenvalue weighted by Gasteiger charge is -2.18. The summed E-state index contributed by atoms with van der Waals surface area (Å²) < 4.78 is 16.8. The Kier molecular flexibility index (Phi) is 53.3. The molecule has 1 unspecified atom stereocenters. The van der Waals surface area contributed by atoms with Crippen LogP contribution in [0.4, 0.5) is 0 Å². The predicted molar refractivity (Wildman–Crippen MR) is 288 cm³/mol. The molecule has 0 bridgehead atoms. The second-order valence-corrected chi connectivity index (χ2v) is 19.2. The van der Waals surface area contributed by atoms with Gasteiger partial charge in [0.1, 0.15) is 13.2 Å². The molecule has 0 saturated heterocycles. The van der Waals surface area contributed by atoms with Crippen molar-refractivity contribution in [2.45, 2.75) is 297 Å². The van der Waals surface area contributed by atoms with Crippen LogP contribution in [0.2, 0.25) is 0 Å². The van der Waals surface area contributed by atoms with E-state index in [1.54, 1.807) is 0 Å². The van der Waals surface area contributed by atoms with Crippen molar-refractivity contribution in [1.29, 1.82) is 0 Å². The summed E-state index contributed by atoms with van der Waals surface area (Å²) in [4.78, 5) is 38.0. The lowest BCUT2D eigenvalue weighted by atomic mass is 10.0. The van der Waals surface area contributed by atoms with Gasteiger partial charge in [0.05, 0.1) is 0 Å². The molecule has 0 fully saturated rings. The number of unbranched alkanes of at least 4 members (excludes halogenated alkanes) is 31. The van der Waals surface area contributed by atoms with Crippen LogP contribution in [0.3, 0.4) is 0 Å². The molecule has 0 aromatic carbocycles. The number of hydrogen-bond acceptors (Lipinski definition) is 6. The average Bonchev–Trinajstić information content (AvgIpc) is 3.33. The minimum atomic E-state index is -0.791. The first kappa shape index (κ1) is 64.1. The highest BCUT2D eigenvalue weighted by molar-refractivity contribution is 5.71. The van der Waals surface area contributed by atoms with Gasteiger partial charge in [0.2, 0.25) is 0 Å². The van der Waals surface area contributed by atoms with Gasteiger partial charge in [0.15, 0.2) is 6.10 Å². The summed E-state index contributed by atoms with van der Waals surface area (Å²) in [6, 6.07) is 0. The molecule has 0 radical (unpaired) electrons. The zero-order valence-corrected chi connectivity index (χ0v) is 44.4. The third-order valence-electron chi connectivity index (χ3n) is 12.5. The van der Waals surface area contributed by atoms with E-state index >= 15 is 0 Å². The van der Waals surface area contributed by atoms with Crippen molar-refractivity contribution in [3.05, 3.63) is 60.8 Å². The number of hydrogen-bond donors (Lipinski definition) is 0. The Morgan fingerprint density at radius 2 is 0.597 bits per heavy atom. The SMILES string of the molecule is CC/C=C\C/C=C\C/C=C\CCCCCC(=O)OC(COC(=O)CCCCCCC/C=C\CCCC)COC(=O)CCCCCCCCCCCCCCC/C=C\CCCCCCCCCC. The minimum absolute atomic E-state index is 0.0876. The monoisotopic (exact) mass is 937 g/mol. The molecule has 0 aliphatic heterocycles. The van der Waals surface area contributed by atoms with Crippen LogP contribution in [0.1, 0.15) is 290 Å². The first-order valence-electron chi connectivity index (χ1n) is 28.8. The Hall–Kier alpha value is -2.89. The molecular weight excluding hydrogens is 829 g/mol. The molecule has 388 valence electrons. The van der Waals surface area contributed by atoms with Crippen LogP contribution < -0.4 is 0 Å². The summed E-state index contributed by atoms with van der Waals surface area (Å²) in [5.74, 6) is -0.920. The van der Waals surface area contributed by atoms with Crippen molar-refractivity contribution in [1.82, 2.24) is 0 Å². The maximum Gasteiger partial charge on any atom is 0.306 e. The van der Waals surface area contributed by atoms with Crippen molar-refractivity contribution in [2.75, 3.05) is 13.2 Å². The van der Waals surface area contributed by atoms with E-state index in [1.165, 1.54) is 161 Å². The van der Waals surface area contributed by atoms with E-state index in [9.17, 15) is 14.4 Å². The molecular formula is C61H108O6. The quantitative estimate of drug-likeness (QED) is 0.0262. The molecule has 0 rings (SSSR count). The fraction of sp³-hybridized carbons (Fsp3) is 0.787. The second kappa shape index (κ2) is 55.7. The zero-order chi connectivity index (χ0) is 48.6. The molecule has 0 aromatic rings. The largest absolute Gasteiger partial charge is 0.462 e. The molecule has 0 amide bonds. The first-order chi connectivity index (χ1) is 33.0. The lowest BCUT2D eigenvalue weighted by molar-refractivity contribution is -0.167. The summed E-state index contributed by atoms with van der Waals surface area (Å²) >= 11 is 0. The average molecular weight is 938 g/mol. The van der Waals surface area contributed by atoms with E-state index in [2.05, 4.69) is 81.5 Å². The number of allylic oxidation sites excluding steroid dienone is 10. The van der Waals surface area contributed by atoms with Gasteiger partial charge in [-0.05, 0) is 96.3 Å². The van der Waals surface area contributed by atoms with E-state index in [4.69, 9.17) is 14.2 Å². The van der Waals surface area contributed by atoms with Crippen molar-refractivity contribution >= 4 is 17.9 Å². The number of rotatable bonds is 52. The molecule has 0 saturated carbocycles. The predicted octanol–water partition coefficient (Wildman–Crippen LogP) is 19.2. The van der Waals surface area contributed by atoms with Crippen LogP contribution in [0.15, 0.2) is 60.8 Å². The van der Waals surface area contributed by atoms with Crippen molar-refractivity contribution < 1.29 is 28.6 Å². The van der Waals surface area contributed by atoms with Gasteiger partial charge in [0.25, 0.3) is 0 Å². The maximum absolute atomic E-state index is 12.8. The topological polar surface area (TPSA) is 78.9 Å². The molecule has 6 heteroatoms. The van der Waals surface area contributed by atoms with E-state index in [1.807, 2.05) is 0 Å². The van der Waals surface area contributed by atoms with Crippen molar-refractivity contribution in [3.63, 3.8) is 0 Å². The standard InChI is InChI=1S/C61H108O6/c1-4-7-10-13-16-19-22-24-25-26-27-28-29-30-31-32-33-34-35-37-39-42-45-48-51-54-60(63)66-57-58(56-65-59(62)53-50-47-44-41-38-21-18-15-12-9-6-3)67-61(64)55-52-49-46-43-40-36-23-20-17-14-11-8-5-2/h8,11,15,17-18,20,26-27,36,40,58H,4-7,9-10,12-14,16,19,21-25,28-35,37-39,41-57H2,1-3H3/b11-8-,18-15-,20-17-,27-26-,40-36-. The van der Waals surface area contributed by atoms with Crippen molar-refractivity contribution in [3.8, 4) is 0 Å². The maximum atomic E-state index is 12.8. The fourth-order valence-electron chi connectivity index (χ4n) is 8.14. The van der Waals surface area contributed by atoms with Gasteiger partial charge in [-0.1, -0.05) is 236 Å². The number of ether oxygens (including phenoxy) is 3. The Labute approximate surface area is 415 Å². The lowest BCUT2D eigenvalue weighted by Crippen LogP contribution is -2.30. The second-order valence-electron chi connectivity index (χ2n) is 19.2. The molecule has 0 aliphatic rings. The van der Waals surface area contributed by atoms with Crippen molar-refractivity contribution in [2.24, 2.45) is 0 Å². The van der Waals surface area contributed by atoms with Gasteiger partial charge in [-0.15, -0.1) is 0 Å². The van der Waals surface area contributed by atoms with E-state index < -0.39 is 6.10 Å². The molecule has 0 N–H and O–H groups in total. The number of esters is 3. The van der Waals surface area contributed by atoms with Crippen LogP contribution >= 0.6 is 0 Å². The summed E-state index contributed by atoms with van der Waals surface area (Å²) in [5, 5.41) is 0. The van der Waals surface area contributed by atoms with Gasteiger partial charge in [-0.3, -0.25) is 14.4 Å². The Bertz CT molecular complexity index is 1210. The first-order valence-corrected chi connectivity index (χ1v) is 28.8. The zero-order valence-electron chi connectivity index (χ0n) is 44.4. The highest BCUT2D eigenvalue weighted by Gasteiger charge is 2.19. The van der Waals surface area contributed by atoms with E-state index in [0.29, 0.717) is 19.3 Å². The van der Waals surface area contributed by atoms with Crippen LogP contribution in [0.5, 0.6) is 0 Å². The molecule has 67 heavy (non-hydrogen) atoms. The van der Waals surface area contributed by atoms with Crippen LogP contribution in [0.25, 0.3) is 0 Å². The molecule has 0 spiro atoms. The number of carbonyl (C=O) groups excluding carboxylic acids is 3. The van der Waals surface area contributed by atoms with Gasteiger partial charge < -0.3 is 14.2 Å². The highest BCUT2D eigenvalue weighted by Crippen LogP contribution is 2.16. The van der Waals surface area contributed by atoms with Gasteiger partial charge in [-0.25, -0.2) is 0 Å². The Morgan fingerprint density at radius 1 is 0.313 bits per heavy atom. The normalized spacial score (nSPS) is 12.5. The van der Waals surface area contributed by atoms with Gasteiger partial charge in [-0.2, -0.15) is 0 Å². The minimum Gasteiger partial charge on any atom is -0.462 e.